The molecule has 1 fully saturated rings. The van der Waals surface area contributed by atoms with Gasteiger partial charge in [0.15, 0.2) is 0 Å². The van der Waals surface area contributed by atoms with E-state index in [-0.39, 0.29) is 18.3 Å². The van der Waals surface area contributed by atoms with Crippen LogP contribution < -0.4 is 5.73 Å². The lowest BCUT2D eigenvalue weighted by molar-refractivity contribution is 0.0786. The fraction of sp³-hybridized carbons (Fsp3) is 0.273. The zero-order valence-corrected chi connectivity index (χ0v) is 16.7. The van der Waals surface area contributed by atoms with E-state index in [1.54, 1.807) is 6.20 Å². The van der Waals surface area contributed by atoms with Gasteiger partial charge in [0.25, 0.3) is 5.91 Å². The molecule has 0 bridgehead atoms. The van der Waals surface area contributed by atoms with Crippen LogP contribution in [0.4, 0.5) is 0 Å². The maximum Gasteiger partial charge on any atom is 0.253 e. The first-order valence-electron chi connectivity index (χ1n) is 9.32. The van der Waals surface area contributed by atoms with Crippen molar-refractivity contribution < 1.29 is 4.79 Å². The smallest absolute Gasteiger partial charge is 0.253 e. The molecule has 2 N–H and O–H groups in total. The Bertz CT molecular complexity index is 923. The number of aromatic nitrogens is 2. The molecule has 5 nitrogen and oxygen atoms in total. The number of nitrogens with zero attached hydrogens (tertiary/aromatic N) is 3. The lowest BCUT2D eigenvalue weighted by Crippen LogP contribution is -2.29. The quantitative estimate of drug-likeness (QED) is 0.734. The minimum Gasteiger partial charge on any atom is -0.338 e. The van der Waals surface area contributed by atoms with Crippen molar-refractivity contribution >= 4 is 18.3 Å². The molecule has 2 atom stereocenters. The molecule has 146 valence electrons. The van der Waals surface area contributed by atoms with Gasteiger partial charge in [-0.3, -0.25) is 4.79 Å². The van der Waals surface area contributed by atoms with Gasteiger partial charge in [-0.1, -0.05) is 30.3 Å². The van der Waals surface area contributed by atoms with Crippen molar-refractivity contribution in [2.75, 3.05) is 19.6 Å². The Morgan fingerprint density at radius 1 is 1.07 bits per heavy atom. The number of rotatable bonds is 4. The molecule has 0 unspecified atom stereocenters. The number of nitrogens with two attached hydrogens (primary N) is 1. The highest BCUT2D eigenvalue weighted by atomic mass is 35.5. The molecule has 1 saturated heterocycles. The molecule has 0 spiro atoms. The van der Waals surface area contributed by atoms with Crippen molar-refractivity contribution in [3.05, 3.63) is 83.7 Å². The zero-order valence-electron chi connectivity index (χ0n) is 15.9. The number of carbonyl (C=O) groups excluding carboxylic acids is 1. The molecule has 2 heterocycles. The molecule has 0 radical (unpaired) electrons. The molecule has 0 aliphatic carbocycles. The molecule has 3 aromatic rings. The van der Waals surface area contributed by atoms with Crippen molar-refractivity contribution in [3.63, 3.8) is 0 Å². The van der Waals surface area contributed by atoms with E-state index in [0.29, 0.717) is 37.0 Å². The standard InChI is InChI=1S/C22H24N4O.ClH/c1-16-11-12-24-26(16)20-9-7-18(8-10-20)22(27)25-14-19(13-23)21(15-25)17-5-3-2-4-6-17;/h2-12,19,21H,13-15,23H2,1H3;1H/t19-,21+;/m1./s1. The average Bonchev–Trinajstić information content (AvgIpc) is 3.34. The maximum absolute atomic E-state index is 13.0. The van der Waals surface area contributed by atoms with Crippen LogP contribution in [0.15, 0.2) is 66.9 Å². The van der Waals surface area contributed by atoms with Gasteiger partial charge in [-0.05, 0) is 55.3 Å². The van der Waals surface area contributed by atoms with E-state index in [4.69, 9.17) is 5.73 Å². The number of hydrogen-bond acceptors (Lipinski definition) is 3. The topological polar surface area (TPSA) is 64.2 Å². The molecule has 1 aliphatic heterocycles. The first kappa shape index (κ1) is 20.1. The van der Waals surface area contributed by atoms with Gasteiger partial charge in [0.1, 0.15) is 0 Å². The Hall–Kier alpha value is -2.63. The molecule has 1 aliphatic rings. The van der Waals surface area contributed by atoms with Crippen LogP contribution in [-0.4, -0.2) is 40.2 Å². The van der Waals surface area contributed by atoms with Gasteiger partial charge in [-0.15, -0.1) is 12.4 Å². The predicted molar refractivity (Wildman–Crippen MR) is 113 cm³/mol. The van der Waals surface area contributed by atoms with Crippen molar-refractivity contribution in [2.24, 2.45) is 11.7 Å². The summed E-state index contributed by atoms with van der Waals surface area (Å²) < 4.78 is 1.86. The fourth-order valence-corrected chi connectivity index (χ4v) is 3.92. The second-order valence-electron chi connectivity index (χ2n) is 7.15. The van der Waals surface area contributed by atoms with E-state index < -0.39 is 0 Å². The number of aryl methyl sites for hydroxylation is 1. The lowest BCUT2D eigenvalue weighted by atomic mass is 9.89. The average molecular weight is 397 g/mol. The monoisotopic (exact) mass is 396 g/mol. The van der Waals surface area contributed by atoms with Gasteiger partial charge in [-0.2, -0.15) is 5.10 Å². The summed E-state index contributed by atoms with van der Waals surface area (Å²) in [6, 6.07) is 20.0. The molecular weight excluding hydrogens is 372 g/mol. The molecule has 28 heavy (non-hydrogen) atoms. The van der Waals surface area contributed by atoms with Crippen LogP contribution in [0.5, 0.6) is 0 Å². The Morgan fingerprint density at radius 2 is 1.79 bits per heavy atom. The molecule has 0 saturated carbocycles. The van der Waals surface area contributed by atoms with Crippen molar-refractivity contribution in [2.45, 2.75) is 12.8 Å². The van der Waals surface area contributed by atoms with Gasteiger partial charge < -0.3 is 10.6 Å². The van der Waals surface area contributed by atoms with E-state index >= 15 is 0 Å². The van der Waals surface area contributed by atoms with Crippen LogP contribution in [-0.2, 0) is 0 Å². The summed E-state index contributed by atoms with van der Waals surface area (Å²) in [5, 5.41) is 4.31. The maximum atomic E-state index is 13.0. The number of likely N-dealkylation sites (tertiary alicyclic amines) is 1. The zero-order chi connectivity index (χ0) is 18.8. The third kappa shape index (κ3) is 3.81. The molecule has 6 heteroatoms. The summed E-state index contributed by atoms with van der Waals surface area (Å²) in [5.74, 6) is 0.657. The van der Waals surface area contributed by atoms with Crippen LogP contribution in [0.25, 0.3) is 5.69 Å². The highest BCUT2D eigenvalue weighted by Gasteiger charge is 2.35. The number of benzene rings is 2. The Balaban J connectivity index is 0.00000225. The summed E-state index contributed by atoms with van der Waals surface area (Å²) in [4.78, 5) is 14.9. The van der Waals surface area contributed by atoms with Crippen LogP contribution in [0, 0.1) is 12.8 Å². The van der Waals surface area contributed by atoms with E-state index in [0.717, 1.165) is 11.4 Å². The van der Waals surface area contributed by atoms with Gasteiger partial charge >= 0.3 is 0 Å². The van der Waals surface area contributed by atoms with E-state index in [1.807, 2.05) is 65.0 Å². The second-order valence-corrected chi connectivity index (χ2v) is 7.15. The molecular formula is C22H25ClN4O. The first-order valence-corrected chi connectivity index (χ1v) is 9.32. The number of amides is 1. The van der Waals surface area contributed by atoms with E-state index in [1.165, 1.54) is 5.56 Å². The SMILES string of the molecule is Cc1ccnn1-c1ccc(C(=O)N2C[C@@H](CN)[C@H](c3ccccc3)C2)cc1.Cl. The number of hydrogen-bond donors (Lipinski definition) is 1. The fourth-order valence-electron chi connectivity index (χ4n) is 3.92. The van der Waals surface area contributed by atoms with E-state index in [2.05, 4.69) is 17.2 Å². The highest BCUT2D eigenvalue weighted by Crippen LogP contribution is 2.32. The van der Waals surface area contributed by atoms with E-state index in [9.17, 15) is 4.79 Å². The Morgan fingerprint density at radius 3 is 2.39 bits per heavy atom. The Kier molecular flexibility index (Phi) is 6.17. The summed E-state index contributed by atoms with van der Waals surface area (Å²) in [6.45, 7) is 4.01. The van der Waals surface area contributed by atoms with Crippen LogP contribution in [0.3, 0.4) is 0 Å². The third-order valence-electron chi connectivity index (χ3n) is 5.45. The van der Waals surface area contributed by atoms with Crippen molar-refractivity contribution in [3.8, 4) is 5.69 Å². The van der Waals surface area contributed by atoms with Gasteiger partial charge in [0, 0.05) is 36.5 Å². The van der Waals surface area contributed by atoms with Gasteiger partial charge in [0.05, 0.1) is 5.69 Å². The summed E-state index contributed by atoms with van der Waals surface area (Å²) >= 11 is 0. The highest BCUT2D eigenvalue weighted by molar-refractivity contribution is 5.94. The van der Waals surface area contributed by atoms with Crippen LogP contribution >= 0.6 is 12.4 Å². The molecule has 4 rings (SSSR count). The molecule has 1 amide bonds. The third-order valence-corrected chi connectivity index (χ3v) is 5.45. The van der Waals surface area contributed by atoms with Gasteiger partial charge in [0.2, 0.25) is 0 Å². The lowest BCUT2D eigenvalue weighted by Gasteiger charge is -2.17. The number of halogens is 1. The van der Waals surface area contributed by atoms with Gasteiger partial charge in [-0.25, -0.2) is 4.68 Å². The molecule has 1 aromatic heterocycles. The summed E-state index contributed by atoms with van der Waals surface area (Å²) in [7, 11) is 0. The largest absolute Gasteiger partial charge is 0.338 e. The van der Waals surface area contributed by atoms with Crippen LogP contribution in [0.2, 0.25) is 0 Å². The van der Waals surface area contributed by atoms with Crippen molar-refractivity contribution in [1.82, 2.24) is 14.7 Å². The Labute approximate surface area is 171 Å². The summed E-state index contributed by atoms with van der Waals surface area (Å²) in [5.41, 5.74) is 9.98. The van der Waals surface area contributed by atoms with Crippen molar-refractivity contribution in [1.29, 1.82) is 0 Å². The number of carbonyl (C=O) groups is 1. The minimum atomic E-state index is 0. The summed E-state index contributed by atoms with van der Waals surface area (Å²) in [6.07, 6.45) is 1.77. The normalized spacial score (nSPS) is 18.7. The minimum absolute atomic E-state index is 0. The second kappa shape index (κ2) is 8.59. The first-order chi connectivity index (χ1) is 13.2. The molecule has 2 aromatic carbocycles. The predicted octanol–water partition coefficient (Wildman–Crippen LogP) is 3.42. The van der Waals surface area contributed by atoms with Crippen LogP contribution in [0.1, 0.15) is 27.5 Å².